The number of carboxylic acid groups (broad SMARTS) is 1. The third kappa shape index (κ3) is 2.77. The van der Waals surface area contributed by atoms with Crippen molar-refractivity contribution in [2.75, 3.05) is 0 Å². The van der Waals surface area contributed by atoms with Crippen LogP contribution in [0.25, 0.3) is 0 Å². The molecule has 1 heterocycles. The predicted octanol–water partition coefficient (Wildman–Crippen LogP) is 2.12. The number of carbonyl (C=O) groups is 1. The summed E-state index contributed by atoms with van der Waals surface area (Å²) >= 11 is 0. The Balaban J connectivity index is 2.26. The van der Waals surface area contributed by atoms with E-state index in [-0.39, 0.29) is 6.42 Å². The molecule has 2 rings (SSSR count). The predicted molar refractivity (Wildman–Crippen MR) is 68.5 cm³/mol. The highest BCUT2D eigenvalue weighted by Gasteiger charge is 2.08. The van der Waals surface area contributed by atoms with Crippen molar-refractivity contribution in [2.24, 2.45) is 0 Å². The Hall–Kier alpha value is -2.10. The number of aliphatic carboxylic acids is 1. The van der Waals surface area contributed by atoms with E-state index in [1.54, 1.807) is 6.20 Å². The molecule has 0 atom stereocenters. The minimum absolute atomic E-state index is 0.0618. The molecule has 0 bridgehead atoms. The van der Waals surface area contributed by atoms with Crippen molar-refractivity contribution in [1.82, 2.24) is 9.55 Å². The smallest absolute Gasteiger partial charge is 0.307 e. The van der Waals surface area contributed by atoms with Gasteiger partial charge in [-0.2, -0.15) is 0 Å². The van der Waals surface area contributed by atoms with Crippen LogP contribution >= 0.6 is 0 Å². The van der Waals surface area contributed by atoms with Crippen molar-refractivity contribution in [3.63, 3.8) is 0 Å². The van der Waals surface area contributed by atoms with Gasteiger partial charge in [0.05, 0.1) is 6.42 Å². The normalized spacial score (nSPS) is 10.5. The summed E-state index contributed by atoms with van der Waals surface area (Å²) in [7, 11) is 0. The van der Waals surface area contributed by atoms with E-state index in [1.807, 2.05) is 30.5 Å². The van der Waals surface area contributed by atoms with E-state index in [2.05, 4.69) is 16.5 Å². The lowest BCUT2D eigenvalue weighted by Crippen LogP contribution is -2.08. The molecular weight excluding hydrogens is 228 g/mol. The largest absolute Gasteiger partial charge is 0.481 e. The molecule has 0 aliphatic heterocycles. The van der Waals surface area contributed by atoms with E-state index in [9.17, 15) is 4.79 Å². The second kappa shape index (κ2) is 5.49. The summed E-state index contributed by atoms with van der Waals surface area (Å²) in [5, 5.41) is 8.90. The summed E-state index contributed by atoms with van der Waals surface area (Å²) in [6, 6.07) is 7.64. The van der Waals surface area contributed by atoms with Crippen molar-refractivity contribution in [1.29, 1.82) is 0 Å². The van der Waals surface area contributed by atoms with Crippen molar-refractivity contribution in [3.05, 3.63) is 53.6 Å². The lowest BCUT2D eigenvalue weighted by molar-refractivity contribution is -0.136. The van der Waals surface area contributed by atoms with Gasteiger partial charge in [-0.05, 0) is 11.1 Å². The first-order valence-electron chi connectivity index (χ1n) is 5.99. The number of aryl methyl sites for hydroxylation is 1. The molecule has 18 heavy (non-hydrogen) atoms. The minimum Gasteiger partial charge on any atom is -0.481 e. The van der Waals surface area contributed by atoms with Gasteiger partial charge in [0.15, 0.2) is 0 Å². The number of benzene rings is 1. The molecule has 0 saturated heterocycles. The molecule has 1 aromatic heterocycles. The zero-order valence-electron chi connectivity index (χ0n) is 10.3. The lowest BCUT2D eigenvalue weighted by atomic mass is 10.0. The Kier molecular flexibility index (Phi) is 3.77. The van der Waals surface area contributed by atoms with Gasteiger partial charge < -0.3 is 9.67 Å². The molecule has 0 aliphatic rings. The van der Waals surface area contributed by atoms with Crippen molar-refractivity contribution < 1.29 is 9.90 Å². The van der Waals surface area contributed by atoms with E-state index in [0.717, 1.165) is 23.4 Å². The van der Waals surface area contributed by atoms with Gasteiger partial charge in [-0.3, -0.25) is 4.79 Å². The van der Waals surface area contributed by atoms with Crippen LogP contribution in [0.15, 0.2) is 36.7 Å². The topological polar surface area (TPSA) is 55.1 Å². The molecule has 0 aliphatic carbocycles. The average molecular weight is 244 g/mol. The maximum Gasteiger partial charge on any atom is 0.307 e. The van der Waals surface area contributed by atoms with Gasteiger partial charge in [-0.1, -0.05) is 31.2 Å². The number of aromatic nitrogens is 2. The van der Waals surface area contributed by atoms with Crippen LogP contribution in [0, 0.1) is 0 Å². The van der Waals surface area contributed by atoms with Gasteiger partial charge in [-0.15, -0.1) is 0 Å². The number of hydrogen-bond acceptors (Lipinski definition) is 2. The van der Waals surface area contributed by atoms with E-state index in [4.69, 9.17) is 5.11 Å². The SMILES string of the molecule is CCc1nccn1Cc1ccccc1CC(=O)O. The zero-order chi connectivity index (χ0) is 13.0. The van der Waals surface area contributed by atoms with Crippen LogP contribution in [0.3, 0.4) is 0 Å². The van der Waals surface area contributed by atoms with E-state index < -0.39 is 5.97 Å². The molecule has 0 saturated carbocycles. The summed E-state index contributed by atoms with van der Waals surface area (Å²) < 4.78 is 2.06. The van der Waals surface area contributed by atoms with Crippen LogP contribution in [0.2, 0.25) is 0 Å². The number of rotatable bonds is 5. The van der Waals surface area contributed by atoms with Crippen LogP contribution in [-0.2, 0) is 24.2 Å². The number of carboxylic acids is 1. The number of nitrogens with zero attached hydrogens (tertiary/aromatic N) is 2. The molecule has 2 aromatic rings. The molecule has 4 nitrogen and oxygen atoms in total. The van der Waals surface area contributed by atoms with Crippen LogP contribution in [-0.4, -0.2) is 20.6 Å². The summed E-state index contributed by atoms with van der Waals surface area (Å²) in [6.45, 7) is 2.73. The highest BCUT2D eigenvalue weighted by atomic mass is 16.4. The third-order valence-corrected chi connectivity index (χ3v) is 2.92. The fourth-order valence-corrected chi connectivity index (χ4v) is 2.03. The summed E-state index contributed by atoms with van der Waals surface area (Å²) in [4.78, 5) is 15.1. The summed E-state index contributed by atoms with van der Waals surface area (Å²) in [6.07, 6.45) is 4.63. The zero-order valence-corrected chi connectivity index (χ0v) is 10.3. The monoisotopic (exact) mass is 244 g/mol. The van der Waals surface area contributed by atoms with Gasteiger partial charge >= 0.3 is 5.97 Å². The van der Waals surface area contributed by atoms with Crippen molar-refractivity contribution >= 4 is 5.97 Å². The third-order valence-electron chi connectivity index (χ3n) is 2.92. The van der Waals surface area contributed by atoms with Crippen molar-refractivity contribution in [2.45, 2.75) is 26.3 Å². The van der Waals surface area contributed by atoms with Gasteiger partial charge in [0.1, 0.15) is 5.82 Å². The second-order valence-corrected chi connectivity index (χ2v) is 4.16. The van der Waals surface area contributed by atoms with E-state index >= 15 is 0 Å². The molecule has 0 unspecified atom stereocenters. The molecule has 0 spiro atoms. The quantitative estimate of drug-likeness (QED) is 0.876. The fraction of sp³-hybridized carbons (Fsp3) is 0.286. The van der Waals surface area contributed by atoms with Gasteiger partial charge in [0.2, 0.25) is 0 Å². The van der Waals surface area contributed by atoms with Crippen LogP contribution in [0.4, 0.5) is 0 Å². The lowest BCUT2D eigenvalue weighted by Gasteiger charge is -2.10. The van der Waals surface area contributed by atoms with Gasteiger partial charge in [0.25, 0.3) is 0 Å². The molecule has 0 radical (unpaired) electrons. The Labute approximate surface area is 106 Å². The molecule has 0 fully saturated rings. The Morgan fingerprint density at radius 1 is 1.33 bits per heavy atom. The molecule has 1 N–H and O–H groups in total. The number of imidazole rings is 1. The first-order valence-corrected chi connectivity index (χ1v) is 5.99. The molecule has 0 amide bonds. The number of hydrogen-bond donors (Lipinski definition) is 1. The molecule has 94 valence electrons. The molecular formula is C14H16N2O2. The van der Waals surface area contributed by atoms with E-state index in [1.165, 1.54) is 0 Å². The van der Waals surface area contributed by atoms with Gasteiger partial charge in [0, 0.05) is 25.4 Å². The maximum absolute atomic E-state index is 10.8. The second-order valence-electron chi connectivity index (χ2n) is 4.16. The highest BCUT2D eigenvalue weighted by molar-refractivity contribution is 5.70. The first-order chi connectivity index (χ1) is 8.70. The fourth-order valence-electron chi connectivity index (χ4n) is 2.03. The van der Waals surface area contributed by atoms with Gasteiger partial charge in [-0.25, -0.2) is 4.98 Å². The van der Waals surface area contributed by atoms with Crippen LogP contribution in [0.5, 0.6) is 0 Å². The van der Waals surface area contributed by atoms with Crippen LogP contribution in [0.1, 0.15) is 23.9 Å². The highest BCUT2D eigenvalue weighted by Crippen LogP contribution is 2.13. The molecule has 4 heteroatoms. The Bertz CT molecular complexity index is 546. The summed E-state index contributed by atoms with van der Waals surface area (Å²) in [5.41, 5.74) is 1.90. The standard InChI is InChI=1S/C14H16N2O2/c1-2-13-15-7-8-16(13)10-12-6-4-3-5-11(12)9-14(17)18/h3-8H,2,9-10H2,1H3,(H,17,18). The van der Waals surface area contributed by atoms with E-state index in [0.29, 0.717) is 6.54 Å². The van der Waals surface area contributed by atoms with Crippen LogP contribution < -0.4 is 0 Å². The maximum atomic E-state index is 10.8. The molecule has 1 aromatic carbocycles. The summed E-state index contributed by atoms with van der Waals surface area (Å²) in [5.74, 6) is 0.212. The Morgan fingerprint density at radius 2 is 2.06 bits per heavy atom. The minimum atomic E-state index is -0.802. The van der Waals surface area contributed by atoms with Crippen molar-refractivity contribution in [3.8, 4) is 0 Å². The average Bonchev–Trinajstić information content (AvgIpc) is 2.78. The first kappa shape index (κ1) is 12.4. The Morgan fingerprint density at radius 3 is 2.72 bits per heavy atom.